The standard InChI is InChI=1S/C17H30N2O7/c1-10(14(23)25-16(2,3)4)18-13(22)11(8-9-12(20)21)19-15(24)26-17(5,6)7/h10-11H,8-9H2,1-7H3,(H,18,22)(H,19,24)(H,20,21)/t10-,11+/m0/s1. The van der Waals surface area contributed by atoms with Gasteiger partial charge in [0.1, 0.15) is 23.3 Å². The van der Waals surface area contributed by atoms with Crippen LogP contribution in [0.4, 0.5) is 4.79 Å². The minimum absolute atomic E-state index is 0.151. The summed E-state index contributed by atoms with van der Waals surface area (Å²) in [5.74, 6) is -2.45. The van der Waals surface area contributed by atoms with E-state index in [4.69, 9.17) is 14.6 Å². The van der Waals surface area contributed by atoms with E-state index in [2.05, 4.69) is 10.6 Å². The molecule has 0 bridgehead atoms. The zero-order valence-corrected chi connectivity index (χ0v) is 16.5. The van der Waals surface area contributed by atoms with Crippen LogP contribution >= 0.6 is 0 Å². The first kappa shape index (κ1) is 23.7. The molecule has 0 aromatic carbocycles. The second-order valence-electron chi connectivity index (χ2n) is 7.89. The van der Waals surface area contributed by atoms with Crippen LogP contribution in [-0.4, -0.2) is 52.3 Å². The Morgan fingerprint density at radius 3 is 1.85 bits per heavy atom. The van der Waals surface area contributed by atoms with E-state index in [1.807, 2.05) is 0 Å². The lowest BCUT2D eigenvalue weighted by atomic mass is 10.1. The van der Waals surface area contributed by atoms with Crippen molar-refractivity contribution in [2.24, 2.45) is 0 Å². The molecule has 26 heavy (non-hydrogen) atoms. The van der Waals surface area contributed by atoms with Gasteiger partial charge in [0.2, 0.25) is 5.91 Å². The number of hydrogen-bond acceptors (Lipinski definition) is 6. The minimum atomic E-state index is -1.16. The van der Waals surface area contributed by atoms with E-state index in [0.717, 1.165) is 0 Å². The molecule has 0 rings (SSSR count). The maximum Gasteiger partial charge on any atom is 0.408 e. The number of aliphatic carboxylic acids is 1. The summed E-state index contributed by atoms with van der Waals surface area (Å²) in [6.07, 6.45) is -1.34. The van der Waals surface area contributed by atoms with Gasteiger partial charge >= 0.3 is 18.0 Å². The number of carboxylic acids is 1. The highest BCUT2D eigenvalue weighted by Crippen LogP contribution is 2.10. The van der Waals surface area contributed by atoms with Gasteiger partial charge in [0.05, 0.1) is 0 Å². The van der Waals surface area contributed by atoms with Gasteiger partial charge in [-0.25, -0.2) is 9.59 Å². The average molecular weight is 374 g/mol. The predicted molar refractivity (Wildman–Crippen MR) is 93.5 cm³/mol. The minimum Gasteiger partial charge on any atom is -0.481 e. The number of hydrogen-bond donors (Lipinski definition) is 3. The lowest BCUT2D eigenvalue weighted by molar-refractivity contribution is -0.158. The van der Waals surface area contributed by atoms with Crippen molar-refractivity contribution in [2.75, 3.05) is 0 Å². The Morgan fingerprint density at radius 2 is 1.42 bits per heavy atom. The van der Waals surface area contributed by atoms with Crippen molar-refractivity contribution in [2.45, 2.75) is 84.6 Å². The summed E-state index contributed by atoms with van der Waals surface area (Å²) in [6, 6.07) is -2.12. The lowest BCUT2D eigenvalue weighted by Gasteiger charge is -2.25. The molecule has 0 aliphatic carbocycles. The van der Waals surface area contributed by atoms with E-state index < -0.39 is 47.2 Å². The van der Waals surface area contributed by atoms with Gasteiger partial charge in [0.25, 0.3) is 0 Å². The fraction of sp³-hybridized carbons (Fsp3) is 0.765. The van der Waals surface area contributed by atoms with E-state index in [-0.39, 0.29) is 12.8 Å². The first-order chi connectivity index (χ1) is 11.6. The van der Waals surface area contributed by atoms with Crippen LogP contribution in [0.3, 0.4) is 0 Å². The summed E-state index contributed by atoms with van der Waals surface area (Å²) in [5.41, 5.74) is -1.49. The van der Waals surface area contributed by atoms with Crippen molar-refractivity contribution >= 4 is 23.9 Å². The number of amides is 2. The van der Waals surface area contributed by atoms with E-state index in [9.17, 15) is 19.2 Å². The summed E-state index contributed by atoms with van der Waals surface area (Å²) >= 11 is 0. The summed E-state index contributed by atoms with van der Waals surface area (Å²) in [4.78, 5) is 47.0. The molecule has 0 aromatic heterocycles. The Bertz CT molecular complexity index is 532. The van der Waals surface area contributed by atoms with Gasteiger partial charge in [-0.1, -0.05) is 0 Å². The fourth-order valence-corrected chi connectivity index (χ4v) is 1.75. The Kier molecular flexibility index (Phi) is 8.56. The fourth-order valence-electron chi connectivity index (χ4n) is 1.75. The third-order valence-corrected chi connectivity index (χ3v) is 2.77. The van der Waals surface area contributed by atoms with Crippen LogP contribution in [0.1, 0.15) is 61.3 Å². The summed E-state index contributed by atoms with van der Waals surface area (Å²) in [7, 11) is 0. The highest BCUT2D eigenvalue weighted by atomic mass is 16.6. The van der Waals surface area contributed by atoms with Crippen LogP contribution in [0.5, 0.6) is 0 Å². The second kappa shape index (κ2) is 9.40. The topological polar surface area (TPSA) is 131 Å². The van der Waals surface area contributed by atoms with Crippen molar-refractivity contribution < 1.29 is 33.8 Å². The molecular weight excluding hydrogens is 344 g/mol. The largest absolute Gasteiger partial charge is 0.481 e. The summed E-state index contributed by atoms with van der Waals surface area (Å²) in [5, 5.41) is 13.6. The molecule has 0 saturated heterocycles. The quantitative estimate of drug-likeness (QED) is 0.577. The van der Waals surface area contributed by atoms with Gasteiger partial charge in [0.15, 0.2) is 0 Å². The van der Waals surface area contributed by atoms with E-state index in [1.54, 1.807) is 41.5 Å². The monoisotopic (exact) mass is 374 g/mol. The second-order valence-corrected chi connectivity index (χ2v) is 7.89. The zero-order chi connectivity index (χ0) is 20.7. The number of alkyl carbamates (subject to hydrolysis) is 1. The Labute approximate surface area is 153 Å². The van der Waals surface area contributed by atoms with E-state index in [1.165, 1.54) is 6.92 Å². The molecule has 0 radical (unpaired) electrons. The first-order valence-corrected chi connectivity index (χ1v) is 8.35. The molecule has 0 aliphatic heterocycles. The molecule has 0 unspecified atom stereocenters. The van der Waals surface area contributed by atoms with Gasteiger partial charge in [-0.2, -0.15) is 0 Å². The third kappa shape index (κ3) is 11.3. The molecule has 0 spiro atoms. The zero-order valence-electron chi connectivity index (χ0n) is 16.5. The van der Waals surface area contributed by atoms with Crippen LogP contribution in [0.2, 0.25) is 0 Å². The number of nitrogens with one attached hydrogen (secondary N) is 2. The maximum absolute atomic E-state index is 12.4. The third-order valence-electron chi connectivity index (χ3n) is 2.77. The van der Waals surface area contributed by atoms with Crippen molar-refractivity contribution in [1.82, 2.24) is 10.6 Å². The predicted octanol–water partition coefficient (Wildman–Crippen LogP) is 1.59. The van der Waals surface area contributed by atoms with Crippen molar-refractivity contribution in [1.29, 1.82) is 0 Å². The lowest BCUT2D eigenvalue weighted by Crippen LogP contribution is -2.52. The molecule has 0 fully saturated rings. The van der Waals surface area contributed by atoms with Crippen molar-refractivity contribution in [3.8, 4) is 0 Å². The van der Waals surface area contributed by atoms with Crippen LogP contribution in [0.25, 0.3) is 0 Å². The average Bonchev–Trinajstić information content (AvgIpc) is 2.38. The Balaban J connectivity index is 4.95. The van der Waals surface area contributed by atoms with Gasteiger partial charge in [-0.3, -0.25) is 9.59 Å². The maximum atomic E-state index is 12.4. The van der Waals surface area contributed by atoms with Crippen LogP contribution in [-0.2, 0) is 23.9 Å². The van der Waals surface area contributed by atoms with Crippen LogP contribution < -0.4 is 10.6 Å². The molecule has 0 saturated carbocycles. The van der Waals surface area contributed by atoms with Gasteiger partial charge in [-0.15, -0.1) is 0 Å². The number of rotatable bonds is 7. The number of carboxylic acid groups (broad SMARTS) is 1. The molecule has 3 N–H and O–H groups in total. The van der Waals surface area contributed by atoms with Crippen LogP contribution in [0, 0.1) is 0 Å². The molecule has 2 atom stereocenters. The van der Waals surface area contributed by atoms with Gasteiger partial charge < -0.3 is 25.2 Å². The molecule has 2 amide bonds. The van der Waals surface area contributed by atoms with Crippen molar-refractivity contribution in [3.63, 3.8) is 0 Å². The number of carbonyl (C=O) groups is 4. The molecular formula is C17H30N2O7. The summed E-state index contributed by atoms with van der Waals surface area (Å²) < 4.78 is 10.2. The highest BCUT2D eigenvalue weighted by Gasteiger charge is 2.29. The Hall–Kier alpha value is -2.32. The van der Waals surface area contributed by atoms with Crippen LogP contribution in [0.15, 0.2) is 0 Å². The highest BCUT2D eigenvalue weighted by molar-refractivity contribution is 5.89. The molecule has 9 heteroatoms. The molecule has 0 aromatic rings. The van der Waals surface area contributed by atoms with Gasteiger partial charge in [-0.05, 0) is 54.9 Å². The number of ether oxygens (including phenoxy) is 2. The smallest absolute Gasteiger partial charge is 0.408 e. The Morgan fingerprint density at radius 1 is 0.923 bits per heavy atom. The molecule has 9 nitrogen and oxygen atoms in total. The summed E-state index contributed by atoms with van der Waals surface area (Å²) in [6.45, 7) is 11.5. The normalized spacial score (nSPS) is 14.0. The molecule has 0 heterocycles. The SMILES string of the molecule is C[C@H](NC(=O)[C@@H](CCC(=O)O)NC(=O)OC(C)(C)C)C(=O)OC(C)(C)C. The van der Waals surface area contributed by atoms with Crippen molar-refractivity contribution in [3.05, 3.63) is 0 Å². The van der Waals surface area contributed by atoms with E-state index in [0.29, 0.717) is 0 Å². The van der Waals surface area contributed by atoms with E-state index >= 15 is 0 Å². The van der Waals surface area contributed by atoms with Gasteiger partial charge in [0, 0.05) is 6.42 Å². The molecule has 0 aliphatic rings. The molecule has 150 valence electrons. The number of esters is 1. The number of carbonyl (C=O) groups excluding carboxylic acids is 3. The first-order valence-electron chi connectivity index (χ1n) is 8.35.